The van der Waals surface area contributed by atoms with Gasteiger partial charge >= 0.3 is 5.97 Å². The molecule has 0 aliphatic heterocycles. The van der Waals surface area contributed by atoms with E-state index in [4.69, 9.17) is 4.74 Å². The third-order valence-corrected chi connectivity index (χ3v) is 5.35. The van der Waals surface area contributed by atoms with Crippen molar-refractivity contribution in [1.82, 2.24) is 9.88 Å². The molecule has 0 unspecified atom stereocenters. The number of rotatable bonds is 5. The molecule has 2 aromatic rings. The molecule has 150 valence electrons. The minimum atomic E-state index is -0.398. The van der Waals surface area contributed by atoms with E-state index >= 15 is 0 Å². The number of aryl methyl sites for hydroxylation is 1. The summed E-state index contributed by atoms with van der Waals surface area (Å²) in [6, 6.07) is 11.3. The Morgan fingerprint density at radius 2 is 1.97 bits per heavy atom. The second kappa shape index (κ2) is 8.78. The van der Waals surface area contributed by atoms with Crippen molar-refractivity contribution < 1.29 is 14.3 Å². The standard InChI is InChI=1S/C23H25N3O3/c1-15-11-18(12-19(14-24)22(27)25-20-8-4-5-9-20)16(2)26(15)21-10-6-7-17(13-21)23(28)29-3/h6-7,10-13,20H,4-5,8-9H2,1-3H3,(H,25,27)/b19-12-. The van der Waals surface area contributed by atoms with Crippen LogP contribution in [0.4, 0.5) is 0 Å². The lowest BCUT2D eigenvalue weighted by molar-refractivity contribution is -0.117. The Hall–Kier alpha value is -3.33. The van der Waals surface area contributed by atoms with Gasteiger partial charge in [-0.05, 0) is 62.6 Å². The maximum Gasteiger partial charge on any atom is 0.337 e. The summed E-state index contributed by atoms with van der Waals surface area (Å²) in [5, 5.41) is 12.5. The molecule has 0 saturated heterocycles. The van der Waals surface area contributed by atoms with Gasteiger partial charge in [-0.1, -0.05) is 18.9 Å². The van der Waals surface area contributed by atoms with Gasteiger partial charge in [-0.15, -0.1) is 0 Å². The van der Waals surface area contributed by atoms with E-state index in [1.165, 1.54) is 7.11 Å². The van der Waals surface area contributed by atoms with E-state index in [1.54, 1.807) is 24.3 Å². The summed E-state index contributed by atoms with van der Waals surface area (Å²) in [7, 11) is 1.35. The lowest BCUT2D eigenvalue weighted by Crippen LogP contribution is -2.33. The van der Waals surface area contributed by atoms with Crippen LogP contribution >= 0.6 is 0 Å². The molecule has 0 atom stereocenters. The van der Waals surface area contributed by atoms with Crippen molar-refractivity contribution >= 4 is 18.0 Å². The first kappa shape index (κ1) is 20.4. The van der Waals surface area contributed by atoms with Crippen LogP contribution in [0.15, 0.2) is 35.9 Å². The molecule has 1 aliphatic carbocycles. The summed E-state index contributed by atoms with van der Waals surface area (Å²) in [4.78, 5) is 24.4. The molecule has 1 saturated carbocycles. The topological polar surface area (TPSA) is 84.1 Å². The fourth-order valence-corrected chi connectivity index (χ4v) is 3.86. The van der Waals surface area contributed by atoms with Gasteiger partial charge in [0.15, 0.2) is 0 Å². The number of hydrogen-bond donors (Lipinski definition) is 1. The number of nitrogens with one attached hydrogen (secondary N) is 1. The van der Waals surface area contributed by atoms with Crippen molar-refractivity contribution in [1.29, 1.82) is 5.26 Å². The third kappa shape index (κ3) is 4.40. The van der Waals surface area contributed by atoms with Crippen LogP contribution in [0.2, 0.25) is 0 Å². The quantitative estimate of drug-likeness (QED) is 0.477. The fraction of sp³-hybridized carbons (Fsp3) is 0.348. The van der Waals surface area contributed by atoms with Gasteiger partial charge < -0.3 is 14.6 Å². The average molecular weight is 391 g/mol. The van der Waals surface area contributed by atoms with E-state index in [0.717, 1.165) is 48.3 Å². The molecule has 29 heavy (non-hydrogen) atoms. The molecular weight excluding hydrogens is 366 g/mol. The number of nitrogens with zero attached hydrogens (tertiary/aromatic N) is 2. The number of aromatic nitrogens is 1. The van der Waals surface area contributed by atoms with Crippen LogP contribution in [0, 0.1) is 25.2 Å². The summed E-state index contributed by atoms with van der Waals surface area (Å²) in [5.74, 6) is -0.721. The zero-order chi connectivity index (χ0) is 21.0. The molecule has 0 bridgehead atoms. The first-order valence-electron chi connectivity index (χ1n) is 9.75. The highest BCUT2D eigenvalue weighted by Gasteiger charge is 2.20. The molecule has 1 N–H and O–H groups in total. The van der Waals surface area contributed by atoms with Gasteiger partial charge in [0.1, 0.15) is 11.6 Å². The highest BCUT2D eigenvalue weighted by molar-refractivity contribution is 6.02. The molecule has 1 amide bonds. The first-order valence-corrected chi connectivity index (χ1v) is 9.75. The van der Waals surface area contributed by atoms with Crippen molar-refractivity contribution in [3.63, 3.8) is 0 Å². The number of ether oxygens (including phenoxy) is 1. The predicted molar refractivity (Wildman–Crippen MR) is 111 cm³/mol. The Morgan fingerprint density at radius 3 is 2.62 bits per heavy atom. The van der Waals surface area contributed by atoms with Crippen molar-refractivity contribution in [2.75, 3.05) is 7.11 Å². The van der Waals surface area contributed by atoms with Gasteiger partial charge in [-0.2, -0.15) is 5.26 Å². The number of esters is 1. The van der Waals surface area contributed by atoms with E-state index in [-0.39, 0.29) is 17.5 Å². The predicted octanol–water partition coefficient (Wildman–Crippen LogP) is 3.85. The van der Waals surface area contributed by atoms with Crippen LogP contribution in [0.5, 0.6) is 0 Å². The van der Waals surface area contributed by atoms with Crippen LogP contribution in [-0.4, -0.2) is 29.6 Å². The van der Waals surface area contributed by atoms with Gasteiger partial charge in [0.25, 0.3) is 5.91 Å². The molecule has 6 nitrogen and oxygen atoms in total. The molecule has 6 heteroatoms. The third-order valence-electron chi connectivity index (χ3n) is 5.35. The van der Waals surface area contributed by atoms with Crippen molar-refractivity contribution in [2.45, 2.75) is 45.6 Å². The van der Waals surface area contributed by atoms with Crippen LogP contribution in [0.3, 0.4) is 0 Å². The fourth-order valence-electron chi connectivity index (χ4n) is 3.86. The number of amides is 1. The van der Waals surface area contributed by atoms with Gasteiger partial charge in [-0.25, -0.2) is 4.79 Å². The van der Waals surface area contributed by atoms with Gasteiger partial charge in [0, 0.05) is 23.1 Å². The van der Waals surface area contributed by atoms with E-state index < -0.39 is 5.97 Å². The normalized spacial score (nSPS) is 14.5. The summed E-state index contributed by atoms with van der Waals surface area (Å²) in [6.07, 6.45) is 5.79. The summed E-state index contributed by atoms with van der Waals surface area (Å²) < 4.78 is 6.79. The van der Waals surface area contributed by atoms with Gasteiger partial charge in [0.2, 0.25) is 0 Å². The number of hydrogen-bond acceptors (Lipinski definition) is 4. The monoisotopic (exact) mass is 391 g/mol. The average Bonchev–Trinajstić information content (AvgIpc) is 3.32. The zero-order valence-corrected chi connectivity index (χ0v) is 17.0. The molecular formula is C23H25N3O3. The molecule has 1 heterocycles. The van der Waals surface area contributed by atoms with Crippen LogP contribution in [0.25, 0.3) is 11.8 Å². The largest absolute Gasteiger partial charge is 0.465 e. The SMILES string of the molecule is COC(=O)c1cccc(-n2c(C)cc(/C=C(/C#N)C(=O)NC3CCCC3)c2C)c1. The molecule has 1 aromatic carbocycles. The number of carbonyl (C=O) groups excluding carboxylic acids is 2. The Morgan fingerprint density at radius 1 is 1.24 bits per heavy atom. The number of benzene rings is 1. The maximum absolute atomic E-state index is 12.5. The number of nitriles is 1. The Labute approximate surface area is 170 Å². The summed E-state index contributed by atoms with van der Waals surface area (Å²) >= 11 is 0. The minimum Gasteiger partial charge on any atom is -0.465 e. The maximum atomic E-state index is 12.5. The van der Waals surface area contributed by atoms with E-state index in [2.05, 4.69) is 5.32 Å². The highest BCUT2D eigenvalue weighted by atomic mass is 16.5. The number of methoxy groups -OCH3 is 1. The lowest BCUT2D eigenvalue weighted by atomic mass is 10.1. The highest BCUT2D eigenvalue weighted by Crippen LogP contribution is 2.24. The molecule has 0 spiro atoms. The minimum absolute atomic E-state index is 0.0976. The summed E-state index contributed by atoms with van der Waals surface area (Å²) in [6.45, 7) is 3.87. The lowest BCUT2D eigenvalue weighted by Gasteiger charge is -2.12. The van der Waals surface area contributed by atoms with Crippen LogP contribution in [0.1, 0.15) is 53.0 Å². The van der Waals surface area contributed by atoms with Crippen LogP contribution in [-0.2, 0) is 9.53 Å². The van der Waals surface area contributed by atoms with E-state index in [1.807, 2.05) is 36.6 Å². The van der Waals surface area contributed by atoms with Crippen molar-refractivity contribution in [3.05, 3.63) is 58.4 Å². The van der Waals surface area contributed by atoms with E-state index in [9.17, 15) is 14.9 Å². The van der Waals surface area contributed by atoms with Crippen molar-refractivity contribution in [2.24, 2.45) is 0 Å². The zero-order valence-electron chi connectivity index (χ0n) is 17.0. The molecule has 1 fully saturated rings. The smallest absolute Gasteiger partial charge is 0.337 e. The van der Waals surface area contributed by atoms with E-state index in [0.29, 0.717) is 5.56 Å². The van der Waals surface area contributed by atoms with Crippen molar-refractivity contribution in [3.8, 4) is 11.8 Å². The Kier molecular flexibility index (Phi) is 6.18. The second-order valence-corrected chi connectivity index (χ2v) is 7.33. The molecule has 0 radical (unpaired) electrons. The molecule has 1 aliphatic rings. The van der Waals surface area contributed by atoms with Crippen LogP contribution < -0.4 is 5.32 Å². The first-order chi connectivity index (χ1) is 13.9. The number of carbonyl (C=O) groups is 2. The van der Waals surface area contributed by atoms with Gasteiger partial charge in [0.05, 0.1) is 12.7 Å². The Bertz CT molecular complexity index is 1000. The molecule has 3 rings (SSSR count). The summed E-state index contributed by atoms with van der Waals surface area (Å²) in [5.41, 5.74) is 3.99. The Balaban J connectivity index is 1.92. The molecule has 1 aromatic heterocycles. The second-order valence-electron chi connectivity index (χ2n) is 7.33. The van der Waals surface area contributed by atoms with Gasteiger partial charge in [-0.3, -0.25) is 4.79 Å².